The maximum atomic E-state index is 11.0. The molecule has 6 nitrogen and oxygen atoms in total. The molecule has 1 aliphatic rings. The van der Waals surface area contributed by atoms with Crippen LogP contribution in [0.15, 0.2) is 12.3 Å². The van der Waals surface area contributed by atoms with Crippen molar-refractivity contribution in [1.29, 1.82) is 0 Å². The summed E-state index contributed by atoms with van der Waals surface area (Å²) in [6.45, 7) is 1.76. The molecule has 1 amide bonds. The van der Waals surface area contributed by atoms with E-state index in [9.17, 15) is 4.79 Å². The van der Waals surface area contributed by atoms with E-state index in [0.717, 1.165) is 18.7 Å². The number of anilines is 1. The summed E-state index contributed by atoms with van der Waals surface area (Å²) in [5, 5.41) is 0. The van der Waals surface area contributed by atoms with Gasteiger partial charge in [0.1, 0.15) is 0 Å². The fraction of sp³-hybridized carbons (Fsp3) is 0.500. The van der Waals surface area contributed by atoms with E-state index in [4.69, 9.17) is 11.5 Å². The van der Waals surface area contributed by atoms with Crippen LogP contribution in [0.1, 0.15) is 12.1 Å². The lowest BCUT2D eigenvalue weighted by atomic mass is 10.1. The minimum absolute atomic E-state index is 0.0925. The molecule has 1 aromatic heterocycles. The number of primary amides is 1. The van der Waals surface area contributed by atoms with Gasteiger partial charge in [0.15, 0.2) is 0 Å². The number of amides is 1. The van der Waals surface area contributed by atoms with Gasteiger partial charge in [0.25, 0.3) is 0 Å². The molecule has 2 heterocycles. The fourth-order valence-corrected chi connectivity index (χ4v) is 1.82. The third-order valence-corrected chi connectivity index (χ3v) is 2.78. The average Bonchev–Trinajstić information content (AvgIpc) is 2.78. The number of carbonyl (C=O) groups is 1. The molecule has 0 aromatic carbocycles. The van der Waals surface area contributed by atoms with Gasteiger partial charge in [0, 0.05) is 25.8 Å². The molecule has 1 unspecified atom stereocenters. The predicted molar refractivity (Wildman–Crippen MR) is 59.4 cm³/mol. The average molecular weight is 221 g/mol. The lowest BCUT2D eigenvalue weighted by molar-refractivity contribution is -0.121. The Morgan fingerprint density at radius 3 is 3.06 bits per heavy atom. The number of nitrogens with zero attached hydrogens (tertiary/aromatic N) is 3. The van der Waals surface area contributed by atoms with Crippen LogP contribution in [0.4, 0.5) is 5.95 Å². The van der Waals surface area contributed by atoms with Crippen LogP contribution in [0.5, 0.6) is 0 Å². The molecule has 1 aromatic rings. The van der Waals surface area contributed by atoms with Crippen molar-refractivity contribution in [2.24, 2.45) is 17.4 Å². The Morgan fingerprint density at radius 1 is 1.62 bits per heavy atom. The van der Waals surface area contributed by atoms with Crippen LogP contribution < -0.4 is 16.4 Å². The molecule has 4 N–H and O–H groups in total. The molecule has 0 saturated carbocycles. The Bertz CT molecular complexity index is 395. The topological polar surface area (TPSA) is 98.1 Å². The Kier molecular flexibility index (Phi) is 3.00. The Morgan fingerprint density at radius 2 is 2.44 bits per heavy atom. The second kappa shape index (κ2) is 4.44. The Hall–Kier alpha value is -1.69. The lowest BCUT2D eigenvalue weighted by Crippen LogP contribution is -2.28. The van der Waals surface area contributed by atoms with Crippen LogP contribution in [-0.4, -0.2) is 29.0 Å². The number of hydrogen-bond acceptors (Lipinski definition) is 5. The highest BCUT2D eigenvalue weighted by molar-refractivity contribution is 5.78. The van der Waals surface area contributed by atoms with Gasteiger partial charge in [-0.25, -0.2) is 9.97 Å². The summed E-state index contributed by atoms with van der Waals surface area (Å²) in [7, 11) is 0. The number of nitrogens with two attached hydrogens (primary N) is 2. The Balaban J connectivity index is 2.11. The van der Waals surface area contributed by atoms with Crippen LogP contribution in [0.25, 0.3) is 0 Å². The van der Waals surface area contributed by atoms with Crippen molar-refractivity contribution in [3.05, 3.63) is 18.0 Å². The van der Waals surface area contributed by atoms with Gasteiger partial charge >= 0.3 is 0 Å². The number of rotatable bonds is 3. The van der Waals surface area contributed by atoms with Gasteiger partial charge in [-0.3, -0.25) is 4.79 Å². The van der Waals surface area contributed by atoms with E-state index in [0.29, 0.717) is 19.0 Å². The number of hydrogen-bond donors (Lipinski definition) is 2. The second-order valence-electron chi connectivity index (χ2n) is 3.89. The summed E-state index contributed by atoms with van der Waals surface area (Å²) >= 11 is 0. The van der Waals surface area contributed by atoms with Gasteiger partial charge in [-0.15, -0.1) is 0 Å². The van der Waals surface area contributed by atoms with Gasteiger partial charge < -0.3 is 16.4 Å². The normalized spacial score (nSPS) is 20.1. The van der Waals surface area contributed by atoms with E-state index in [1.54, 1.807) is 12.3 Å². The van der Waals surface area contributed by atoms with E-state index >= 15 is 0 Å². The van der Waals surface area contributed by atoms with Gasteiger partial charge in [-0.1, -0.05) is 0 Å². The first-order valence-electron chi connectivity index (χ1n) is 5.27. The SMILES string of the molecule is NCc1ccnc(N2CCC(C(N)=O)C2)n1. The van der Waals surface area contributed by atoms with Gasteiger partial charge in [-0.05, 0) is 12.5 Å². The summed E-state index contributed by atoms with van der Waals surface area (Å²) < 4.78 is 0. The van der Waals surface area contributed by atoms with Crippen LogP contribution >= 0.6 is 0 Å². The maximum absolute atomic E-state index is 11.0. The smallest absolute Gasteiger partial charge is 0.225 e. The van der Waals surface area contributed by atoms with Crippen LogP contribution in [0, 0.1) is 5.92 Å². The van der Waals surface area contributed by atoms with Crippen LogP contribution in [-0.2, 0) is 11.3 Å². The largest absolute Gasteiger partial charge is 0.369 e. The van der Waals surface area contributed by atoms with E-state index in [-0.39, 0.29) is 11.8 Å². The lowest BCUT2D eigenvalue weighted by Gasteiger charge is -2.15. The van der Waals surface area contributed by atoms with Gasteiger partial charge in [0.2, 0.25) is 11.9 Å². The minimum atomic E-state index is -0.252. The molecule has 86 valence electrons. The van der Waals surface area contributed by atoms with Crippen LogP contribution in [0.3, 0.4) is 0 Å². The molecule has 2 rings (SSSR count). The molecule has 1 atom stereocenters. The summed E-state index contributed by atoms with van der Waals surface area (Å²) in [6.07, 6.45) is 2.45. The molecule has 0 radical (unpaired) electrons. The number of carbonyl (C=O) groups excluding carboxylic acids is 1. The molecule has 0 spiro atoms. The second-order valence-corrected chi connectivity index (χ2v) is 3.89. The molecule has 1 saturated heterocycles. The van der Waals surface area contributed by atoms with Crippen molar-refractivity contribution < 1.29 is 4.79 Å². The first kappa shape index (κ1) is 10.8. The highest BCUT2D eigenvalue weighted by Crippen LogP contribution is 2.20. The van der Waals surface area contributed by atoms with Gasteiger partial charge in [0.05, 0.1) is 11.6 Å². The van der Waals surface area contributed by atoms with E-state index in [2.05, 4.69) is 9.97 Å². The van der Waals surface area contributed by atoms with E-state index < -0.39 is 0 Å². The summed E-state index contributed by atoms with van der Waals surface area (Å²) in [5.74, 6) is 0.286. The summed E-state index contributed by atoms with van der Waals surface area (Å²) in [5.41, 5.74) is 11.6. The fourth-order valence-electron chi connectivity index (χ4n) is 1.82. The monoisotopic (exact) mass is 221 g/mol. The third kappa shape index (κ3) is 2.11. The van der Waals surface area contributed by atoms with Crippen molar-refractivity contribution in [2.45, 2.75) is 13.0 Å². The van der Waals surface area contributed by atoms with Crippen molar-refractivity contribution >= 4 is 11.9 Å². The Labute approximate surface area is 93.7 Å². The van der Waals surface area contributed by atoms with E-state index in [1.807, 2.05) is 4.90 Å². The first-order valence-corrected chi connectivity index (χ1v) is 5.27. The van der Waals surface area contributed by atoms with E-state index in [1.165, 1.54) is 0 Å². The number of aromatic nitrogens is 2. The van der Waals surface area contributed by atoms with Crippen molar-refractivity contribution in [1.82, 2.24) is 9.97 Å². The highest BCUT2D eigenvalue weighted by atomic mass is 16.1. The highest BCUT2D eigenvalue weighted by Gasteiger charge is 2.27. The zero-order valence-electron chi connectivity index (χ0n) is 8.97. The molecule has 1 fully saturated rings. The van der Waals surface area contributed by atoms with Crippen molar-refractivity contribution in [3.63, 3.8) is 0 Å². The molecule has 16 heavy (non-hydrogen) atoms. The zero-order valence-corrected chi connectivity index (χ0v) is 8.97. The molecular weight excluding hydrogens is 206 g/mol. The molecule has 0 aliphatic carbocycles. The molecule has 6 heteroatoms. The summed E-state index contributed by atoms with van der Waals surface area (Å²) in [6, 6.07) is 1.78. The van der Waals surface area contributed by atoms with Gasteiger partial charge in [-0.2, -0.15) is 0 Å². The van der Waals surface area contributed by atoms with Crippen molar-refractivity contribution in [2.75, 3.05) is 18.0 Å². The minimum Gasteiger partial charge on any atom is -0.369 e. The summed E-state index contributed by atoms with van der Waals surface area (Å²) in [4.78, 5) is 21.5. The zero-order chi connectivity index (χ0) is 11.5. The first-order chi connectivity index (χ1) is 7.70. The molecule has 0 bridgehead atoms. The predicted octanol–water partition coefficient (Wildman–Crippen LogP) is -0.753. The third-order valence-electron chi connectivity index (χ3n) is 2.78. The van der Waals surface area contributed by atoms with Crippen LogP contribution in [0.2, 0.25) is 0 Å². The maximum Gasteiger partial charge on any atom is 0.225 e. The molecular formula is C10H15N5O. The standard InChI is InChI=1S/C10H15N5O/c11-5-8-1-3-13-10(14-8)15-4-2-7(6-15)9(12)16/h1,3,7H,2,4-6,11H2,(H2,12,16). The quantitative estimate of drug-likeness (QED) is 0.699. The molecule has 1 aliphatic heterocycles. The van der Waals surface area contributed by atoms with Crippen molar-refractivity contribution in [3.8, 4) is 0 Å².